The van der Waals surface area contributed by atoms with Gasteiger partial charge in [0.05, 0.1) is 0 Å². The van der Waals surface area contributed by atoms with Gasteiger partial charge in [-0.3, -0.25) is 0 Å². The number of fused-ring (bicyclic) bond motifs is 5. The van der Waals surface area contributed by atoms with Crippen molar-refractivity contribution in [2.24, 2.45) is 45.8 Å². The van der Waals surface area contributed by atoms with Crippen LogP contribution in [0, 0.1) is 45.8 Å². The molecule has 0 bridgehead atoms. The Hall–Kier alpha value is -0.260. The first-order valence-electron chi connectivity index (χ1n) is 12.9. The van der Waals surface area contributed by atoms with Crippen LogP contribution in [-0.2, 0) is 0 Å². The first-order valence-corrected chi connectivity index (χ1v) is 12.9. The van der Waals surface area contributed by atoms with E-state index in [0.717, 1.165) is 29.6 Å². The van der Waals surface area contributed by atoms with Gasteiger partial charge in [-0.15, -0.1) is 6.58 Å². The van der Waals surface area contributed by atoms with E-state index in [4.69, 9.17) is 0 Å². The van der Waals surface area contributed by atoms with Gasteiger partial charge >= 0.3 is 0 Å². The predicted molar refractivity (Wildman–Crippen MR) is 124 cm³/mol. The van der Waals surface area contributed by atoms with E-state index >= 15 is 0 Å². The average Bonchev–Trinajstić information content (AvgIpc) is 2.99. The Balaban J connectivity index is 0.00000109. The number of rotatable bonds is 3. The van der Waals surface area contributed by atoms with Crippen molar-refractivity contribution in [1.29, 1.82) is 0 Å². The van der Waals surface area contributed by atoms with E-state index in [1.165, 1.54) is 76.2 Å². The summed E-state index contributed by atoms with van der Waals surface area (Å²) in [5.74, 6) is 4.98. The summed E-state index contributed by atoms with van der Waals surface area (Å²) >= 11 is 0. The highest BCUT2D eigenvalue weighted by molar-refractivity contribution is 5.13. The molecule has 0 aliphatic heterocycles. The lowest BCUT2D eigenvalue weighted by atomic mass is 9.39. The molecule has 0 N–H and O–H groups in total. The largest absolute Gasteiger partial charge is 0.100 e. The van der Waals surface area contributed by atoms with Gasteiger partial charge in [-0.1, -0.05) is 53.5 Å². The molecule has 0 nitrogen and oxygen atoms in total. The minimum absolute atomic E-state index is 0.616. The minimum Gasteiger partial charge on any atom is -0.100 e. The van der Waals surface area contributed by atoms with Crippen LogP contribution >= 0.6 is 0 Å². The van der Waals surface area contributed by atoms with Gasteiger partial charge in [0.15, 0.2) is 0 Å². The van der Waals surface area contributed by atoms with Crippen molar-refractivity contribution in [3.05, 3.63) is 12.2 Å². The van der Waals surface area contributed by atoms with Gasteiger partial charge in [0, 0.05) is 0 Å². The van der Waals surface area contributed by atoms with Gasteiger partial charge in [-0.05, 0) is 117 Å². The van der Waals surface area contributed by atoms with Gasteiger partial charge in [0.2, 0.25) is 0 Å². The quantitative estimate of drug-likeness (QED) is 0.424. The van der Waals surface area contributed by atoms with Crippen LogP contribution < -0.4 is 0 Å². The van der Waals surface area contributed by atoms with Gasteiger partial charge in [-0.25, -0.2) is 0 Å². The second kappa shape index (κ2) is 8.11. The van der Waals surface area contributed by atoms with Crippen molar-refractivity contribution >= 4 is 0 Å². The number of allylic oxidation sites excluding steroid dienone is 1. The van der Waals surface area contributed by atoms with Crippen molar-refractivity contribution < 1.29 is 0 Å². The number of hydrogen-bond donors (Lipinski definition) is 0. The molecule has 8 unspecified atom stereocenters. The van der Waals surface area contributed by atoms with E-state index in [1.807, 2.05) is 13.8 Å². The Labute approximate surface area is 177 Å². The van der Waals surface area contributed by atoms with Crippen molar-refractivity contribution in [2.75, 3.05) is 0 Å². The molecule has 4 rings (SSSR count). The SMILES string of the molecule is C=C(C)CC1CCC2C3CCC4(C)CC(CC)CCC4(C)C3CCC12C.CC. The molecule has 0 aromatic heterocycles. The van der Waals surface area contributed by atoms with Gasteiger partial charge in [-0.2, -0.15) is 0 Å². The van der Waals surface area contributed by atoms with Crippen LogP contribution in [0.15, 0.2) is 12.2 Å². The Morgan fingerprint density at radius 3 is 2.25 bits per heavy atom. The zero-order valence-electron chi connectivity index (χ0n) is 20.4. The molecule has 0 aromatic carbocycles. The van der Waals surface area contributed by atoms with E-state index in [2.05, 4.69) is 41.2 Å². The maximum Gasteiger partial charge on any atom is -0.0241 e. The molecular formula is C28H50. The first kappa shape index (κ1) is 22.4. The van der Waals surface area contributed by atoms with Crippen molar-refractivity contribution in [3.8, 4) is 0 Å². The van der Waals surface area contributed by atoms with E-state index in [1.54, 1.807) is 0 Å². The second-order valence-corrected chi connectivity index (χ2v) is 11.9. The molecule has 4 aliphatic carbocycles. The lowest BCUT2D eigenvalue weighted by Gasteiger charge is -2.65. The summed E-state index contributed by atoms with van der Waals surface area (Å²) in [5.41, 5.74) is 3.27. The van der Waals surface area contributed by atoms with E-state index in [-0.39, 0.29) is 0 Å². The monoisotopic (exact) mass is 386 g/mol. The fourth-order valence-corrected chi connectivity index (χ4v) is 8.98. The lowest BCUT2D eigenvalue weighted by molar-refractivity contribution is -0.161. The third kappa shape index (κ3) is 3.33. The van der Waals surface area contributed by atoms with Gasteiger partial charge < -0.3 is 0 Å². The average molecular weight is 387 g/mol. The van der Waals surface area contributed by atoms with Crippen LogP contribution in [0.2, 0.25) is 0 Å². The highest BCUT2D eigenvalue weighted by atomic mass is 14.7. The van der Waals surface area contributed by atoms with E-state index < -0.39 is 0 Å². The van der Waals surface area contributed by atoms with Crippen LogP contribution in [0.5, 0.6) is 0 Å². The summed E-state index contributed by atoms with van der Waals surface area (Å²) in [6, 6.07) is 0. The summed E-state index contributed by atoms with van der Waals surface area (Å²) in [4.78, 5) is 0. The van der Waals surface area contributed by atoms with Crippen molar-refractivity contribution in [3.63, 3.8) is 0 Å². The molecule has 8 atom stereocenters. The van der Waals surface area contributed by atoms with Crippen molar-refractivity contribution in [1.82, 2.24) is 0 Å². The highest BCUT2D eigenvalue weighted by Gasteiger charge is 2.62. The zero-order valence-corrected chi connectivity index (χ0v) is 20.4. The highest BCUT2D eigenvalue weighted by Crippen LogP contribution is 2.71. The molecular weight excluding hydrogens is 336 g/mol. The topological polar surface area (TPSA) is 0 Å². The smallest absolute Gasteiger partial charge is 0.0241 e. The summed E-state index contributed by atoms with van der Waals surface area (Å²) in [5, 5.41) is 0. The summed E-state index contributed by atoms with van der Waals surface area (Å²) < 4.78 is 0. The maximum absolute atomic E-state index is 4.26. The van der Waals surface area contributed by atoms with Crippen LogP contribution in [0.4, 0.5) is 0 Å². The molecule has 0 radical (unpaired) electrons. The van der Waals surface area contributed by atoms with Crippen LogP contribution in [0.1, 0.15) is 119 Å². The Kier molecular flexibility index (Phi) is 6.50. The normalized spacial score (nSPS) is 49.9. The molecule has 162 valence electrons. The molecule has 0 spiro atoms. The van der Waals surface area contributed by atoms with Gasteiger partial charge in [0.1, 0.15) is 0 Å². The molecule has 0 amide bonds. The molecule has 0 saturated heterocycles. The minimum atomic E-state index is 0.616. The molecule has 0 aromatic rings. The Morgan fingerprint density at radius 1 is 0.893 bits per heavy atom. The molecule has 0 heterocycles. The lowest BCUT2D eigenvalue weighted by Crippen LogP contribution is -2.57. The van der Waals surface area contributed by atoms with E-state index in [0.29, 0.717) is 16.2 Å². The second-order valence-electron chi connectivity index (χ2n) is 11.9. The fraction of sp³-hybridized carbons (Fsp3) is 0.929. The third-order valence-electron chi connectivity index (χ3n) is 10.8. The summed E-state index contributed by atoms with van der Waals surface area (Å²) in [6.07, 6.45) is 16.3. The van der Waals surface area contributed by atoms with Crippen LogP contribution in [0.3, 0.4) is 0 Å². The summed E-state index contributed by atoms with van der Waals surface area (Å²) in [6.45, 7) is 21.0. The first-order chi connectivity index (χ1) is 13.2. The summed E-state index contributed by atoms with van der Waals surface area (Å²) in [7, 11) is 0. The van der Waals surface area contributed by atoms with Crippen LogP contribution in [-0.4, -0.2) is 0 Å². The van der Waals surface area contributed by atoms with Crippen molar-refractivity contribution in [2.45, 2.75) is 119 Å². The zero-order chi connectivity index (χ0) is 20.7. The third-order valence-corrected chi connectivity index (χ3v) is 10.8. The fourth-order valence-electron chi connectivity index (χ4n) is 8.98. The number of hydrogen-bond acceptors (Lipinski definition) is 0. The maximum atomic E-state index is 4.26. The Morgan fingerprint density at radius 2 is 1.61 bits per heavy atom. The van der Waals surface area contributed by atoms with Gasteiger partial charge in [0.25, 0.3) is 0 Å². The standard InChI is InChI=1S/C26H44.C2H6/c1-7-19-10-15-26(6)23-12-14-25(5)20(16-18(2)3)8-9-22(25)21(23)11-13-24(26,4)17-19;1-2/h19-23H,2,7-17H2,1,3-6H3;1-2H3. The molecule has 4 saturated carbocycles. The van der Waals surface area contributed by atoms with Crippen LogP contribution in [0.25, 0.3) is 0 Å². The molecule has 4 fully saturated rings. The Bertz CT molecular complexity index is 560. The predicted octanol–water partition coefficient (Wildman–Crippen LogP) is 9.05. The van der Waals surface area contributed by atoms with E-state index in [9.17, 15) is 0 Å². The molecule has 28 heavy (non-hydrogen) atoms. The molecule has 0 heteroatoms. The molecule has 4 aliphatic rings.